The molecule has 0 saturated heterocycles. The van der Waals surface area contributed by atoms with Gasteiger partial charge in [0.1, 0.15) is 5.82 Å². The summed E-state index contributed by atoms with van der Waals surface area (Å²) in [7, 11) is 0. The number of pyridine rings is 1. The third-order valence-corrected chi connectivity index (χ3v) is 3.73. The Morgan fingerprint density at radius 1 is 1.12 bits per heavy atom. The molecule has 0 unspecified atom stereocenters. The van der Waals surface area contributed by atoms with E-state index in [1.807, 2.05) is 56.3 Å². The van der Waals surface area contributed by atoms with Crippen molar-refractivity contribution < 1.29 is 4.79 Å². The Morgan fingerprint density at radius 3 is 2.54 bits per heavy atom. The van der Waals surface area contributed by atoms with E-state index in [-0.39, 0.29) is 5.91 Å². The van der Waals surface area contributed by atoms with Crippen LogP contribution in [-0.4, -0.2) is 26.1 Å². The summed E-state index contributed by atoms with van der Waals surface area (Å²) in [6.07, 6.45) is 3.86. The van der Waals surface area contributed by atoms with Crippen molar-refractivity contribution in [1.29, 1.82) is 0 Å². The molecule has 0 saturated carbocycles. The third kappa shape index (κ3) is 3.65. The summed E-state index contributed by atoms with van der Waals surface area (Å²) in [4.78, 5) is 21.0. The van der Waals surface area contributed by atoms with Crippen molar-refractivity contribution in [3.05, 3.63) is 60.7 Å². The lowest BCUT2D eigenvalue weighted by atomic mass is 9.88. The maximum atomic E-state index is 12.5. The standard InChI is InChI=1S/C18H19N5O/c1-18(2,17(24)20-14-6-4-3-5-7-14)12-15-21-16(23-22-15)13-8-10-19-11-9-13/h3-11H,12H2,1-2H3,(H,20,24)(H,21,22,23). The minimum absolute atomic E-state index is 0.0597. The van der Waals surface area contributed by atoms with Crippen LogP contribution in [0, 0.1) is 5.41 Å². The number of hydrogen-bond donors (Lipinski definition) is 2. The summed E-state index contributed by atoms with van der Waals surface area (Å²) < 4.78 is 0. The number of hydrogen-bond acceptors (Lipinski definition) is 4. The highest BCUT2D eigenvalue weighted by molar-refractivity contribution is 5.94. The van der Waals surface area contributed by atoms with Gasteiger partial charge in [-0.05, 0) is 24.3 Å². The molecule has 1 aromatic carbocycles. The molecule has 0 atom stereocenters. The quantitative estimate of drug-likeness (QED) is 0.756. The van der Waals surface area contributed by atoms with Gasteiger partial charge in [0, 0.05) is 30.1 Å². The highest BCUT2D eigenvalue weighted by atomic mass is 16.2. The number of benzene rings is 1. The van der Waals surface area contributed by atoms with Crippen LogP contribution in [0.15, 0.2) is 54.9 Å². The molecule has 2 heterocycles. The fraction of sp³-hybridized carbons (Fsp3) is 0.222. The van der Waals surface area contributed by atoms with Crippen LogP contribution in [0.5, 0.6) is 0 Å². The van der Waals surface area contributed by atoms with Crippen LogP contribution >= 0.6 is 0 Å². The van der Waals surface area contributed by atoms with Crippen molar-refractivity contribution in [2.75, 3.05) is 5.32 Å². The second kappa shape index (κ2) is 6.62. The van der Waals surface area contributed by atoms with Crippen molar-refractivity contribution in [1.82, 2.24) is 20.2 Å². The summed E-state index contributed by atoms with van der Waals surface area (Å²) in [6, 6.07) is 13.1. The predicted molar refractivity (Wildman–Crippen MR) is 92.2 cm³/mol. The van der Waals surface area contributed by atoms with Gasteiger partial charge in [0.05, 0.1) is 5.41 Å². The van der Waals surface area contributed by atoms with Crippen LogP contribution < -0.4 is 5.32 Å². The zero-order valence-corrected chi connectivity index (χ0v) is 13.7. The molecular formula is C18H19N5O. The Bertz CT molecular complexity index is 812. The number of rotatable bonds is 5. The van der Waals surface area contributed by atoms with E-state index in [2.05, 4.69) is 25.5 Å². The molecule has 122 valence electrons. The molecule has 0 fully saturated rings. The second-order valence-electron chi connectivity index (χ2n) is 6.22. The molecule has 24 heavy (non-hydrogen) atoms. The lowest BCUT2D eigenvalue weighted by molar-refractivity contribution is -0.124. The maximum absolute atomic E-state index is 12.5. The first kappa shape index (κ1) is 15.9. The Kier molecular flexibility index (Phi) is 4.37. The smallest absolute Gasteiger partial charge is 0.230 e. The summed E-state index contributed by atoms with van der Waals surface area (Å²) in [6.45, 7) is 3.78. The van der Waals surface area contributed by atoms with Crippen LogP contribution in [0.3, 0.4) is 0 Å². The van der Waals surface area contributed by atoms with Crippen LogP contribution in [0.2, 0.25) is 0 Å². The highest BCUT2D eigenvalue weighted by Crippen LogP contribution is 2.24. The average molecular weight is 321 g/mol. The molecule has 0 spiro atoms. The van der Waals surface area contributed by atoms with E-state index in [0.717, 1.165) is 11.3 Å². The highest BCUT2D eigenvalue weighted by Gasteiger charge is 2.29. The fourth-order valence-corrected chi connectivity index (χ4v) is 2.33. The third-order valence-electron chi connectivity index (χ3n) is 3.73. The first-order valence-electron chi connectivity index (χ1n) is 7.73. The van der Waals surface area contributed by atoms with Crippen LogP contribution in [0.4, 0.5) is 5.69 Å². The van der Waals surface area contributed by atoms with E-state index < -0.39 is 5.41 Å². The molecule has 2 aromatic heterocycles. The molecule has 2 N–H and O–H groups in total. The van der Waals surface area contributed by atoms with E-state index in [4.69, 9.17) is 0 Å². The van der Waals surface area contributed by atoms with E-state index in [9.17, 15) is 4.79 Å². The summed E-state index contributed by atoms with van der Waals surface area (Å²) in [5.74, 6) is 1.22. The molecule has 3 aromatic rings. The molecule has 0 radical (unpaired) electrons. The van der Waals surface area contributed by atoms with E-state index in [1.54, 1.807) is 12.4 Å². The molecule has 1 amide bonds. The molecule has 3 rings (SSSR count). The second-order valence-corrected chi connectivity index (χ2v) is 6.22. The number of nitrogens with zero attached hydrogens (tertiary/aromatic N) is 3. The minimum Gasteiger partial charge on any atom is -0.326 e. The molecule has 6 nitrogen and oxygen atoms in total. The molecular weight excluding hydrogens is 302 g/mol. The normalized spacial score (nSPS) is 11.2. The van der Waals surface area contributed by atoms with Gasteiger partial charge in [-0.15, -0.1) is 0 Å². The molecule has 0 aliphatic heterocycles. The Morgan fingerprint density at radius 2 is 1.83 bits per heavy atom. The van der Waals surface area contributed by atoms with Gasteiger partial charge in [-0.2, -0.15) is 5.10 Å². The summed E-state index contributed by atoms with van der Waals surface area (Å²) in [5.41, 5.74) is 1.05. The number of amides is 1. The summed E-state index contributed by atoms with van der Waals surface area (Å²) >= 11 is 0. The lowest BCUT2D eigenvalue weighted by Gasteiger charge is -2.22. The SMILES string of the molecule is CC(C)(Cc1nc(-c2ccncc2)n[nH]1)C(=O)Nc1ccccc1. The van der Waals surface area contributed by atoms with E-state index in [0.29, 0.717) is 18.1 Å². The number of carbonyl (C=O) groups is 1. The lowest BCUT2D eigenvalue weighted by Crippen LogP contribution is -2.33. The number of H-pyrrole nitrogens is 1. The predicted octanol–water partition coefficient (Wildman–Crippen LogP) is 3.07. The van der Waals surface area contributed by atoms with Crippen molar-refractivity contribution in [2.45, 2.75) is 20.3 Å². The zero-order valence-electron chi connectivity index (χ0n) is 13.7. The molecule has 0 aliphatic carbocycles. The van der Waals surface area contributed by atoms with Crippen molar-refractivity contribution >= 4 is 11.6 Å². The Labute approximate surface area is 140 Å². The van der Waals surface area contributed by atoms with E-state index >= 15 is 0 Å². The largest absolute Gasteiger partial charge is 0.326 e. The number of nitrogens with one attached hydrogen (secondary N) is 2. The van der Waals surface area contributed by atoms with Gasteiger partial charge in [-0.3, -0.25) is 14.9 Å². The first-order chi connectivity index (χ1) is 11.5. The molecule has 6 heteroatoms. The number of anilines is 1. The van der Waals surface area contributed by atoms with Crippen molar-refractivity contribution in [2.24, 2.45) is 5.41 Å². The topological polar surface area (TPSA) is 83.6 Å². The van der Waals surface area contributed by atoms with Crippen LogP contribution in [-0.2, 0) is 11.2 Å². The van der Waals surface area contributed by atoms with E-state index in [1.165, 1.54) is 0 Å². The number of carbonyl (C=O) groups excluding carboxylic acids is 1. The first-order valence-corrected chi connectivity index (χ1v) is 7.73. The summed E-state index contributed by atoms with van der Waals surface area (Å²) in [5, 5.41) is 10.1. The van der Waals surface area contributed by atoms with Crippen LogP contribution in [0.25, 0.3) is 11.4 Å². The Balaban J connectivity index is 1.70. The Hall–Kier alpha value is -3.02. The number of para-hydroxylation sites is 1. The van der Waals surface area contributed by atoms with Crippen molar-refractivity contribution in [3.63, 3.8) is 0 Å². The van der Waals surface area contributed by atoms with Gasteiger partial charge in [0.15, 0.2) is 5.82 Å². The fourth-order valence-electron chi connectivity index (χ4n) is 2.33. The monoisotopic (exact) mass is 321 g/mol. The van der Waals surface area contributed by atoms with Crippen molar-refractivity contribution in [3.8, 4) is 11.4 Å². The van der Waals surface area contributed by atoms with Gasteiger partial charge < -0.3 is 5.32 Å². The maximum Gasteiger partial charge on any atom is 0.230 e. The number of aromatic nitrogens is 4. The van der Waals surface area contributed by atoms with Gasteiger partial charge in [0.2, 0.25) is 5.91 Å². The minimum atomic E-state index is -0.620. The average Bonchev–Trinajstić information content (AvgIpc) is 3.04. The van der Waals surface area contributed by atoms with Gasteiger partial charge in [0.25, 0.3) is 0 Å². The van der Waals surface area contributed by atoms with Gasteiger partial charge in [-0.25, -0.2) is 4.98 Å². The zero-order chi connectivity index (χ0) is 17.0. The van der Waals surface area contributed by atoms with Crippen LogP contribution in [0.1, 0.15) is 19.7 Å². The molecule has 0 bridgehead atoms. The van der Waals surface area contributed by atoms with Gasteiger partial charge >= 0.3 is 0 Å². The number of aromatic amines is 1. The van der Waals surface area contributed by atoms with Gasteiger partial charge in [-0.1, -0.05) is 32.0 Å². The molecule has 0 aliphatic rings.